The van der Waals surface area contributed by atoms with E-state index in [0.717, 1.165) is 13.1 Å². The van der Waals surface area contributed by atoms with Crippen molar-refractivity contribution in [1.29, 1.82) is 0 Å². The third kappa shape index (κ3) is 2.63. The highest BCUT2D eigenvalue weighted by Gasteiger charge is 2.35. The summed E-state index contributed by atoms with van der Waals surface area (Å²) in [5.41, 5.74) is 1.11. The molecule has 0 bridgehead atoms. The first-order chi connectivity index (χ1) is 10.1. The van der Waals surface area contributed by atoms with Gasteiger partial charge in [0.25, 0.3) is 0 Å². The van der Waals surface area contributed by atoms with Gasteiger partial charge in [-0.25, -0.2) is 4.39 Å². The van der Waals surface area contributed by atoms with Gasteiger partial charge in [-0.1, -0.05) is 6.07 Å². The maximum absolute atomic E-state index is 13.3. The van der Waals surface area contributed by atoms with Crippen LogP contribution in [0.15, 0.2) is 18.2 Å². The van der Waals surface area contributed by atoms with Crippen LogP contribution in [-0.4, -0.2) is 42.4 Å². The minimum Gasteiger partial charge on any atom is -0.337 e. The standard InChI is InChI=1S/C15H18FN3O2/c1-9-8-17-4-5-19(9)15(21)12-7-14(20)18-13-6-10(16)2-3-11(12)13/h2-3,6,9,12,17H,4-5,7-8H2,1H3,(H,18,20). The number of nitrogens with zero attached hydrogens (tertiary/aromatic N) is 1. The average Bonchev–Trinajstić information content (AvgIpc) is 2.45. The van der Waals surface area contributed by atoms with Crippen molar-refractivity contribution in [2.75, 3.05) is 25.0 Å². The number of fused-ring (bicyclic) bond motifs is 1. The number of hydrogen-bond donors (Lipinski definition) is 2. The summed E-state index contributed by atoms with van der Waals surface area (Å²) in [6.07, 6.45) is 0.119. The molecule has 2 unspecified atom stereocenters. The Morgan fingerprint density at radius 3 is 3.00 bits per heavy atom. The summed E-state index contributed by atoms with van der Waals surface area (Å²) < 4.78 is 13.3. The Bertz CT molecular complexity index is 590. The fourth-order valence-corrected chi connectivity index (χ4v) is 3.03. The summed E-state index contributed by atoms with van der Waals surface area (Å²) in [5.74, 6) is -1.23. The van der Waals surface area contributed by atoms with Crippen LogP contribution in [0, 0.1) is 5.82 Å². The van der Waals surface area contributed by atoms with E-state index in [1.165, 1.54) is 12.1 Å². The molecule has 21 heavy (non-hydrogen) atoms. The molecule has 2 heterocycles. The molecular formula is C15H18FN3O2. The number of carbonyl (C=O) groups is 2. The number of nitrogens with one attached hydrogen (secondary N) is 2. The molecule has 2 aliphatic rings. The maximum atomic E-state index is 13.3. The molecule has 1 fully saturated rings. The lowest BCUT2D eigenvalue weighted by molar-refractivity contribution is -0.137. The molecule has 112 valence electrons. The van der Waals surface area contributed by atoms with Crippen molar-refractivity contribution in [3.63, 3.8) is 0 Å². The predicted molar refractivity (Wildman–Crippen MR) is 76.4 cm³/mol. The first-order valence-corrected chi connectivity index (χ1v) is 7.17. The molecule has 0 spiro atoms. The third-order valence-electron chi connectivity index (χ3n) is 4.14. The van der Waals surface area contributed by atoms with Crippen LogP contribution in [0.5, 0.6) is 0 Å². The van der Waals surface area contributed by atoms with Gasteiger partial charge in [0.2, 0.25) is 11.8 Å². The molecule has 0 aromatic heterocycles. The topological polar surface area (TPSA) is 61.4 Å². The molecule has 1 aromatic carbocycles. The number of rotatable bonds is 1. The largest absolute Gasteiger partial charge is 0.337 e. The second kappa shape index (κ2) is 5.44. The van der Waals surface area contributed by atoms with E-state index >= 15 is 0 Å². The van der Waals surface area contributed by atoms with Crippen LogP contribution >= 0.6 is 0 Å². The van der Waals surface area contributed by atoms with E-state index in [0.29, 0.717) is 17.8 Å². The van der Waals surface area contributed by atoms with Crippen molar-refractivity contribution < 1.29 is 14.0 Å². The van der Waals surface area contributed by atoms with Crippen LogP contribution in [0.1, 0.15) is 24.8 Å². The zero-order valence-corrected chi connectivity index (χ0v) is 11.9. The van der Waals surface area contributed by atoms with E-state index < -0.39 is 11.7 Å². The van der Waals surface area contributed by atoms with Crippen molar-refractivity contribution in [3.8, 4) is 0 Å². The summed E-state index contributed by atoms with van der Waals surface area (Å²) in [5, 5.41) is 5.87. The third-order valence-corrected chi connectivity index (χ3v) is 4.14. The van der Waals surface area contributed by atoms with E-state index in [1.807, 2.05) is 11.8 Å². The number of amides is 2. The van der Waals surface area contributed by atoms with Crippen LogP contribution < -0.4 is 10.6 Å². The van der Waals surface area contributed by atoms with Gasteiger partial charge in [0.15, 0.2) is 0 Å². The van der Waals surface area contributed by atoms with E-state index in [1.54, 1.807) is 6.07 Å². The van der Waals surface area contributed by atoms with Gasteiger partial charge in [-0.2, -0.15) is 0 Å². The summed E-state index contributed by atoms with van der Waals surface area (Å²) in [6.45, 7) is 4.12. The normalized spacial score (nSPS) is 25.2. The molecule has 1 saturated heterocycles. The summed E-state index contributed by atoms with van der Waals surface area (Å²) >= 11 is 0. The zero-order chi connectivity index (χ0) is 15.0. The second-order valence-electron chi connectivity index (χ2n) is 5.62. The molecular weight excluding hydrogens is 273 g/mol. The molecule has 0 aliphatic carbocycles. The Labute approximate surface area is 122 Å². The summed E-state index contributed by atoms with van der Waals surface area (Å²) in [6, 6.07) is 4.30. The molecule has 2 N–H and O–H groups in total. The van der Waals surface area contributed by atoms with Crippen molar-refractivity contribution in [2.24, 2.45) is 0 Å². The first kappa shape index (κ1) is 14.0. The van der Waals surface area contributed by atoms with Gasteiger partial charge in [0, 0.05) is 37.8 Å². The van der Waals surface area contributed by atoms with Gasteiger partial charge in [0.05, 0.1) is 5.92 Å². The first-order valence-electron chi connectivity index (χ1n) is 7.17. The molecule has 2 aliphatic heterocycles. The van der Waals surface area contributed by atoms with Crippen LogP contribution in [0.3, 0.4) is 0 Å². The van der Waals surface area contributed by atoms with Crippen molar-refractivity contribution in [3.05, 3.63) is 29.6 Å². The Balaban J connectivity index is 1.91. The monoisotopic (exact) mass is 291 g/mol. The van der Waals surface area contributed by atoms with Crippen LogP contribution in [0.25, 0.3) is 0 Å². The maximum Gasteiger partial charge on any atom is 0.231 e. The van der Waals surface area contributed by atoms with Crippen LogP contribution in [0.4, 0.5) is 10.1 Å². The fourth-order valence-electron chi connectivity index (χ4n) is 3.03. The van der Waals surface area contributed by atoms with Crippen molar-refractivity contribution in [1.82, 2.24) is 10.2 Å². The minimum absolute atomic E-state index is 0.0493. The minimum atomic E-state index is -0.519. The van der Waals surface area contributed by atoms with Gasteiger partial charge in [-0.15, -0.1) is 0 Å². The number of anilines is 1. The number of halogens is 1. The number of benzene rings is 1. The van der Waals surface area contributed by atoms with Crippen LogP contribution in [0.2, 0.25) is 0 Å². The molecule has 0 saturated carbocycles. The van der Waals surface area contributed by atoms with E-state index in [-0.39, 0.29) is 24.3 Å². The Hall–Kier alpha value is -1.95. The smallest absolute Gasteiger partial charge is 0.231 e. The quantitative estimate of drug-likeness (QED) is 0.813. The highest BCUT2D eigenvalue weighted by Crippen LogP contribution is 2.34. The molecule has 0 radical (unpaired) electrons. The lowest BCUT2D eigenvalue weighted by Gasteiger charge is -2.37. The average molecular weight is 291 g/mol. The molecule has 3 rings (SSSR count). The van der Waals surface area contributed by atoms with E-state index in [4.69, 9.17) is 0 Å². The van der Waals surface area contributed by atoms with Gasteiger partial charge >= 0.3 is 0 Å². The summed E-state index contributed by atoms with van der Waals surface area (Å²) in [4.78, 5) is 26.4. The predicted octanol–water partition coefficient (Wildman–Crippen LogP) is 1.07. The second-order valence-corrected chi connectivity index (χ2v) is 5.62. The van der Waals surface area contributed by atoms with Gasteiger partial charge in [-0.05, 0) is 24.6 Å². The van der Waals surface area contributed by atoms with E-state index in [2.05, 4.69) is 10.6 Å². The van der Waals surface area contributed by atoms with Crippen molar-refractivity contribution in [2.45, 2.75) is 25.3 Å². The number of carbonyl (C=O) groups excluding carboxylic acids is 2. The van der Waals surface area contributed by atoms with E-state index in [9.17, 15) is 14.0 Å². The molecule has 2 atom stereocenters. The van der Waals surface area contributed by atoms with Gasteiger partial charge in [0.1, 0.15) is 5.82 Å². The Morgan fingerprint density at radius 1 is 1.43 bits per heavy atom. The lowest BCUT2D eigenvalue weighted by atomic mass is 9.88. The van der Waals surface area contributed by atoms with Gasteiger partial charge < -0.3 is 15.5 Å². The zero-order valence-electron chi connectivity index (χ0n) is 11.9. The molecule has 5 nitrogen and oxygen atoms in total. The van der Waals surface area contributed by atoms with Crippen LogP contribution in [-0.2, 0) is 9.59 Å². The molecule has 2 amide bonds. The number of hydrogen-bond acceptors (Lipinski definition) is 3. The SMILES string of the molecule is CC1CNCCN1C(=O)C1CC(=O)Nc2cc(F)ccc21. The Kier molecular flexibility index (Phi) is 3.63. The summed E-state index contributed by atoms with van der Waals surface area (Å²) in [7, 11) is 0. The molecule has 6 heteroatoms. The highest BCUT2D eigenvalue weighted by atomic mass is 19.1. The number of piperazine rings is 1. The lowest BCUT2D eigenvalue weighted by Crippen LogP contribution is -2.54. The van der Waals surface area contributed by atoms with Gasteiger partial charge in [-0.3, -0.25) is 9.59 Å². The molecule has 1 aromatic rings. The highest BCUT2D eigenvalue weighted by molar-refractivity contribution is 6.01. The van der Waals surface area contributed by atoms with Crippen molar-refractivity contribution >= 4 is 17.5 Å². The fraction of sp³-hybridized carbons (Fsp3) is 0.467. The Morgan fingerprint density at radius 2 is 2.24 bits per heavy atom.